The average molecular weight is 357 g/mol. The standard InChI is InChI=1S/C22H19N3O2/c1-16-12-13-19-23-22(21(27)25(19)15-16,14-17-8-4-2-5-9-17)24-20(26)18-10-6-3-7-11-18/h2-13,15H,14H2,1H3,(H,24,26). The Morgan fingerprint density at radius 3 is 2.41 bits per heavy atom. The lowest BCUT2D eigenvalue weighted by Crippen LogP contribution is -2.55. The lowest BCUT2D eigenvalue weighted by Gasteiger charge is -2.27. The van der Waals surface area contributed by atoms with E-state index in [1.54, 1.807) is 36.5 Å². The number of allylic oxidation sites excluding steroid dienone is 2. The second-order valence-corrected chi connectivity index (χ2v) is 6.69. The fourth-order valence-corrected chi connectivity index (χ4v) is 3.28. The molecule has 0 radical (unpaired) electrons. The van der Waals surface area contributed by atoms with Crippen molar-refractivity contribution in [3.05, 3.63) is 95.7 Å². The molecule has 27 heavy (non-hydrogen) atoms. The van der Waals surface area contributed by atoms with Gasteiger partial charge in [0.2, 0.25) is 5.66 Å². The second-order valence-electron chi connectivity index (χ2n) is 6.69. The van der Waals surface area contributed by atoms with Gasteiger partial charge in [0.15, 0.2) is 0 Å². The molecular weight excluding hydrogens is 338 g/mol. The maximum atomic E-state index is 13.3. The average Bonchev–Trinajstić information content (AvgIpc) is 2.95. The highest BCUT2D eigenvalue weighted by molar-refractivity contribution is 6.15. The van der Waals surface area contributed by atoms with Crippen molar-refractivity contribution in [3.8, 4) is 0 Å². The summed E-state index contributed by atoms with van der Waals surface area (Å²) >= 11 is 0. The van der Waals surface area contributed by atoms with Crippen LogP contribution >= 0.6 is 0 Å². The van der Waals surface area contributed by atoms with Crippen LogP contribution in [0.4, 0.5) is 0 Å². The minimum atomic E-state index is -1.37. The first kappa shape index (κ1) is 17.0. The number of benzene rings is 2. The van der Waals surface area contributed by atoms with Crippen molar-refractivity contribution in [3.63, 3.8) is 0 Å². The summed E-state index contributed by atoms with van der Waals surface area (Å²) in [7, 11) is 0. The third-order valence-corrected chi connectivity index (χ3v) is 4.61. The summed E-state index contributed by atoms with van der Waals surface area (Å²) in [5.74, 6) is -0.0435. The Morgan fingerprint density at radius 1 is 1.04 bits per heavy atom. The van der Waals surface area contributed by atoms with E-state index in [9.17, 15) is 9.59 Å². The van der Waals surface area contributed by atoms with E-state index in [0.717, 1.165) is 11.1 Å². The van der Waals surface area contributed by atoms with Crippen LogP contribution in [0.3, 0.4) is 0 Å². The summed E-state index contributed by atoms with van der Waals surface area (Å²) < 4.78 is 0. The lowest BCUT2D eigenvalue weighted by atomic mass is 9.98. The van der Waals surface area contributed by atoms with Gasteiger partial charge in [-0.2, -0.15) is 0 Å². The van der Waals surface area contributed by atoms with E-state index in [2.05, 4.69) is 10.3 Å². The molecule has 4 rings (SSSR count). The molecule has 0 aromatic heterocycles. The predicted octanol–water partition coefficient (Wildman–Crippen LogP) is 3.07. The van der Waals surface area contributed by atoms with Crippen LogP contribution < -0.4 is 5.32 Å². The van der Waals surface area contributed by atoms with E-state index in [0.29, 0.717) is 11.4 Å². The first-order chi connectivity index (χ1) is 13.1. The van der Waals surface area contributed by atoms with E-state index in [-0.39, 0.29) is 18.2 Å². The van der Waals surface area contributed by atoms with Gasteiger partial charge in [-0.25, -0.2) is 4.99 Å². The summed E-state index contributed by atoms with van der Waals surface area (Å²) in [6.45, 7) is 1.92. The highest BCUT2D eigenvalue weighted by Crippen LogP contribution is 2.29. The van der Waals surface area contributed by atoms with E-state index in [4.69, 9.17) is 0 Å². The van der Waals surface area contributed by atoms with Crippen LogP contribution in [0, 0.1) is 0 Å². The molecule has 2 aromatic carbocycles. The Kier molecular flexibility index (Phi) is 4.20. The highest BCUT2D eigenvalue weighted by Gasteiger charge is 2.49. The van der Waals surface area contributed by atoms with Crippen molar-refractivity contribution in [1.82, 2.24) is 10.2 Å². The Morgan fingerprint density at radius 2 is 1.70 bits per heavy atom. The molecule has 2 aliphatic rings. The van der Waals surface area contributed by atoms with Gasteiger partial charge in [0.25, 0.3) is 11.8 Å². The molecule has 1 atom stereocenters. The van der Waals surface area contributed by atoms with E-state index in [1.165, 1.54) is 4.90 Å². The molecule has 134 valence electrons. The number of amidine groups is 1. The number of hydrogen-bond donors (Lipinski definition) is 1. The molecule has 2 aliphatic heterocycles. The van der Waals surface area contributed by atoms with Gasteiger partial charge in [-0.3, -0.25) is 14.5 Å². The summed E-state index contributed by atoms with van der Waals surface area (Å²) in [5, 5.41) is 2.90. The quantitative estimate of drug-likeness (QED) is 0.914. The molecular formula is C22H19N3O2. The maximum absolute atomic E-state index is 13.3. The highest BCUT2D eigenvalue weighted by atomic mass is 16.2. The summed E-state index contributed by atoms with van der Waals surface area (Å²) in [6.07, 6.45) is 5.74. The number of fused-ring (bicyclic) bond motifs is 1. The zero-order valence-corrected chi connectivity index (χ0v) is 14.9. The number of nitrogens with one attached hydrogen (secondary N) is 1. The van der Waals surface area contributed by atoms with Gasteiger partial charge in [-0.05, 0) is 36.3 Å². The van der Waals surface area contributed by atoms with Crippen molar-refractivity contribution in [1.29, 1.82) is 0 Å². The lowest BCUT2D eigenvalue weighted by molar-refractivity contribution is -0.130. The number of nitrogens with zero attached hydrogens (tertiary/aromatic N) is 2. The first-order valence-electron chi connectivity index (χ1n) is 8.79. The van der Waals surface area contributed by atoms with Crippen molar-refractivity contribution >= 4 is 17.6 Å². The fourth-order valence-electron chi connectivity index (χ4n) is 3.28. The minimum absolute atomic E-state index is 0.255. The van der Waals surface area contributed by atoms with Crippen LogP contribution in [0.15, 0.2) is 89.6 Å². The summed E-state index contributed by atoms with van der Waals surface area (Å²) in [5.41, 5.74) is 1.00. The van der Waals surface area contributed by atoms with Crippen LogP contribution in [0.25, 0.3) is 0 Å². The van der Waals surface area contributed by atoms with Gasteiger partial charge in [0, 0.05) is 18.2 Å². The molecule has 2 aromatic rings. The Balaban J connectivity index is 1.73. The fraction of sp³-hybridized carbons (Fsp3) is 0.136. The Hall–Kier alpha value is -3.47. The van der Waals surface area contributed by atoms with Gasteiger partial charge < -0.3 is 5.32 Å². The molecule has 0 fully saturated rings. The smallest absolute Gasteiger partial charge is 0.281 e. The molecule has 2 heterocycles. The molecule has 1 N–H and O–H groups in total. The molecule has 0 saturated carbocycles. The molecule has 1 unspecified atom stereocenters. The van der Waals surface area contributed by atoms with Crippen LogP contribution in [0.5, 0.6) is 0 Å². The third kappa shape index (κ3) is 3.19. The number of amides is 2. The van der Waals surface area contributed by atoms with Crippen molar-refractivity contribution in [2.24, 2.45) is 4.99 Å². The minimum Gasteiger partial charge on any atom is -0.320 e. The normalized spacial score (nSPS) is 20.8. The maximum Gasteiger partial charge on any atom is 0.281 e. The Bertz CT molecular complexity index is 977. The molecule has 0 aliphatic carbocycles. The second kappa shape index (κ2) is 6.68. The molecule has 5 nitrogen and oxygen atoms in total. The van der Waals surface area contributed by atoms with Crippen molar-refractivity contribution in [2.75, 3.05) is 0 Å². The van der Waals surface area contributed by atoms with Crippen LogP contribution in [-0.2, 0) is 11.2 Å². The van der Waals surface area contributed by atoms with Crippen LogP contribution in [0.1, 0.15) is 22.8 Å². The number of hydrogen-bond acceptors (Lipinski definition) is 3. The van der Waals surface area contributed by atoms with Crippen LogP contribution in [-0.4, -0.2) is 28.2 Å². The van der Waals surface area contributed by atoms with E-state index >= 15 is 0 Å². The number of carbonyl (C=O) groups is 2. The number of carbonyl (C=O) groups excluding carboxylic acids is 2. The number of rotatable bonds is 4. The first-order valence-corrected chi connectivity index (χ1v) is 8.79. The summed E-state index contributed by atoms with van der Waals surface area (Å²) in [4.78, 5) is 32.3. The SMILES string of the molecule is CC1=CN2C(=O)C(Cc3ccccc3)(NC(=O)c3ccccc3)N=C2C=C1. The molecule has 0 bridgehead atoms. The van der Waals surface area contributed by atoms with Gasteiger partial charge in [-0.15, -0.1) is 0 Å². The van der Waals surface area contributed by atoms with E-state index < -0.39 is 5.66 Å². The van der Waals surface area contributed by atoms with Gasteiger partial charge in [0.05, 0.1) is 0 Å². The zero-order chi connectivity index (χ0) is 18.9. The van der Waals surface area contributed by atoms with Crippen LogP contribution in [0.2, 0.25) is 0 Å². The third-order valence-electron chi connectivity index (χ3n) is 4.61. The monoisotopic (exact) mass is 357 g/mol. The van der Waals surface area contributed by atoms with Crippen molar-refractivity contribution < 1.29 is 9.59 Å². The zero-order valence-electron chi connectivity index (χ0n) is 14.9. The topological polar surface area (TPSA) is 61.8 Å². The van der Waals surface area contributed by atoms with E-state index in [1.807, 2.05) is 49.4 Å². The number of aliphatic imine (C=N–C) groups is 1. The summed E-state index contributed by atoms with van der Waals surface area (Å²) in [6, 6.07) is 18.5. The molecule has 0 saturated heterocycles. The van der Waals surface area contributed by atoms with Gasteiger partial charge in [0.1, 0.15) is 5.84 Å². The van der Waals surface area contributed by atoms with Crippen molar-refractivity contribution in [2.45, 2.75) is 19.0 Å². The Labute approximate surface area is 157 Å². The van der Waals surface area contributed by atoms with Gasteiger partial charge in [-0.1, -0.05) is 54.6 Å². The predicted molar refractivity (Wildman–Crippen MR) is 104 cm³/mol. The molecule has 5 heteroatoms. The van der Waals surface area contributed by atoms with Gasteiger partial charge >= 0.3 is 0 Å². The molecule has 0 spiro atoms. The molecule has 2 amide bonds. The largest absolute Gasteiger partial charge is 0.320 e.